The van der Waals surface area contributed by atoms with Crippen LogP contribution in [0.2, 0.25) is 0 Å². The molecule has 0 amide bonds. The number of benzene rings is 1. The zero-order valence-corrected chi connectivity index (χ0v) is 6.06. The van der Waals surface area contributed by atoms with E-state index >= 15 is 0 Å². The molecule has 11 heavy (non-hydrogen) atoms. The van der Waals surface area contributed by atoms with Crippen LogP contribution in [-0.4, -0.2) is 5.11 Å². The van der Waals surface area contributed by atoms with Gasteiger partial charge in [-0.25, -0.2) is 4.39 Å². The highest BCUT2D eigenvalue weighted by molar-refractivity contribution is 5.48. The van der Waals surface area contributed by atoms with Gasteiger partial charge >= 0.3 is 0 Å². The van der Waals surface area contributed by atoms with Crippen LogP contribution >= 0.6 is 0 Å². The average molecular weight is 157 g/mol. The number of hydrogen-bond donors (Lipinski definition) is 2. The number of aliphatic hydroxyl groups is 1. The highest BCUT2D eigenvalue weighted by atomic mass is 19.1. The van der Waals surface area contributed by atoms with Gasteiger partial charge in [-0.3, -0.25) is 0 Å². The fraction of sp³-hybridized carbons (Fsp3) is 0.250. The molecule has 0 aliphatic rings. The summed E-state index contributed by atoms with van der Waals surface area (Å²) in [5, 5.41) is 8.92. The molecular formula is C8H10FNO. The molecule has 0 unspecified atom stereocenters. The summed E-state index contributed by atoms with van der Waals surface area (Å²) in [6.07, 6.45) is 0. The molecule has 0 spiro atoms. The Hall–Kier alpha value is -1.09. The fourth-order valence-corrected chi connectivity index (χ4v) is 0.775. The van der Waals surface area contributed by atoms with Crippen LogP contribution in [0.4, 0.5) is 10.1 Å². The standard InChI is InChI=1S/C8H10FNO/c1-5-2-7(9)6(4-11)3-8(5)10/h2-3,11H,4,10H2,1H3/i4D2. The van der Waals surface area contributed by atoms with Crippen LogP contribution in [0.25, 0.3) is 0 Å². The third-order valence-corrected chi connectivity index (χ3v) is 1.48. The van der Waals surface area contributed by atoms with Crippen molar-refractivity contribution in [2.75, 3.05) is 5.73 Å². The van der Waals surface area contributed by atoms with Crippen molar-refractivity contribution in [1.29, 1.82) is 0 Å². The van der Waals surface area contributed by atoms with Crippen molar-refractivity contribution in [2.24, 2.45) is 0 Å². The normalized spacial score (nSPS) is 14.1. The first-order valence-electron chi connectivity index (χ1n) is 4.11. The molecule has 3 N–H and O–H groups in total. The lowest BCUT2D eigenvalue weighted by Crippen LogP contribution is -1.96. The highest BCUT2D eigenvalue weighted by Gasteiger charge is 2.03. The number of nitrogens with two attached hydrogens (primary N) is 1. The maximum absolute atomic E-state index is 13.1. The molecule has 3 heteroatoms. The second kappa shape index (κ2) is 2.88. The Labute approximate surface area is 67.3 Å². The predicted octanol–water partition coefficient (Wildman–Crippen LogP) is 1.21. The van der Waals surface area contributed by atoms with E-state index in [0.717, 1.165) is 12.1 Å². The molecule has 0 saturated carbocycles. The maximum atomic E-state index is 13.1. The van der Waals surface area contributed by atoms with E-state index in [1.807, 2.05) is 0 Å². The van der Waals surface area contributed by atoms with E-state index in [4.69, 9.17) is 13.6 Å². The monoisotopic (exact) mass is 157 g/mol. The lowest BCUT2D eigenvalue weighted by Gasteiger charge is -2.03. The van der Waals surface area contributed by atoms with Crippen molar-refractivity contribution in [3.63, 3.8) is 0 Å². The van der Waals surface area contributed by atoms with Crippen LogP contribution in [0.3, 0.4) is 0 Å². The Balaban J connectivity index is 3.32. The fourth-order valence-electron chi connectivity index (χ4n) is 0.775. The molecule has 0 heterocycles. The molecule has 0 aliphatic carbocycles. The number of anilines is 1. The molecule has 0 aliphatic heterocycles. The number of halogens is 1. The minimum Gasteiger partial charge on any atom is -0.399 e. The zero-order chi connectivity index (χ0) is 10.2. The number of rotatable bonds is 1. The number of aryl methyl sites for hydroxylation is 1. The molecule has 0 aromatic heterocycles. The van der Waals surface area contributed by atoms with Gasteiger partial charge in [-0.1, -0.05) is 0 Å². The topological polar surface area (TPSA) is 46.2 Å². The Morgan fingerprint density at radius 2 is 2.36 bits per heavy atom. The average Bonchev–Trinajstić information content (AvgIpc) is 1.94. The molecule has 1 aromatic carbocycles. The first-order chi connectivity index (χ1) is 5.82. The summed E-state index contributed by atoms with van der Waals surface area (Å²) >= 11 is 0. The smallest absolute Gasteiger partial charge is 0.129 e. The Morgan fingerprint density at radius 1 is 1.73 bits per heavy atom. The highest BCUT2D eigenvalue weighted by Crippen LogP contribution is 2.16. The minimum atomic E-state index is -2.69. The van der Waals surface area contributed by atoms with E-state index in [-0.39, 0.29) is 5.69 Å². The first kappa shape index (κ1) is 5.55. The molecule has 2 nitrogen and oxygen atoms in total. The molecular weight excluding hydrogens is 145 g/mol. The van der Waals surface area contributed by atoms with Crippen LogP contribution in [0.5, 0.6) is 0 Å². The van der Waals surface area contributed by atoms with Gasteiger partial charge in [-0.05, 0) is 24.6 Å². The van der Waals surface area contributed by atoms with E-state index in [1.54, 1.807) is 6.92 Å². The van der Waals surface area contributed by atoms with Crippen LogP contribution in [-0.2, 0) is 6.56 Å². The van der Waals surface area contributed by atoms with Crippen LogP contribution in [0, 0.1) is 12.7 Å². The van der Waals surface area contributed by atoms with E-state index in [0.29, 0.717) is 5.56 Å². The third-order valence-electron chi connectivity index (χ3n) is 1.48. The summed E-state index contributed by atoms with van der Waals surface area (Å²) in [6.45, 7) is -1.08. The lowest BCUT2D eigenvalue weighted by atomic mass is 10.1. The van der Waals surface area contributed by atoms with Gasteiger partial charge in [0.15, 0.2) is 0 Å². The minimum absolute atomic E-state index is 0.259. The molecule has 0 saturated heterocycles. The third kappa shape index (κ3) is 1.49. The van der Waals surface area contributed by atoms with Crippen LogP contribution in [0.1, 0.15) is 13.9 Å². The molecule has 1 rings (SSSR count). The molecule has 60 valence electrons. The quantitative estimate of drug-likeness (QED) is 0.602. The van der Waals surface area contributed by atoms with Gasteiger partial charge in [0.1, 0.15) is 5.82 Å². The Morgan fingerprint density at radius 3 is 2.91 bits per heavy atom. The molecule has 0 fully saturated rings. The zero-order valence-electron chi connectivity index (χ0n) is 8.06. The maximum Gasteiger partial charge on any atom is 0.129 e. The van der Waals surface area contributed by atoms with E-state index in [2.05, 4.69) is 0 Å². The van der Waals surface area contributed by atoms with Gasteiger partial charge in [0.05, 0.1) is 9.30 Å². The van der Waals surface area contributed by atoms with Crippen molar-refractivity contribution >= 4 is 5.69 Å². The molecule has 0 atom stereocenters. The van der Waals surface area contributed by atoms with Gasteiger partial charge in [-0.15, -0.1) is 0 Å². The van der Waals surface area contributed by atoms with Gasteiger partial charge in [0.2, 0.25) is 0 Å². The van der Waals surface area contributed by atoms with Gasteiger partial charge < -0.3 is 10.8 Å². The van der Waals surface area contributed by atoms with Crippen molar-refractivity contribution in [3.05, 3.63) is 29.1 Å². The lowest BCUT2D eigenvalue weighted by molar-refractivity contribution is 0.276. The summed E-state index contributed by atoms with van der Waals surface area (Å²) in [5.74, 6) is -0.792. The second-order valence-electron chi connectivity index (χ2n) is 2.30. The SMILES string of the molecule is [2H]C([2H])(O)c1cc(N)c(C)cc1F. The van der Waals surface area contributed by atoms with Crippen LogP contribution in [0.15, 0.2) is 12.1 Å². The van der Waals surface area contributed by atoms with Crippen LogP contribution < -0.4 is 5.73 Å². The van der Waals surface area contributed by atoms with E-state index < -0.39 is 17.9 Å². The molecule has 0 radical (unpaired) electrons. The summed E-state index contributed by atoms with van der Waals surface area (Å²) in [7, 11) is 0. The Bertz CT molecular complexity index is 336. The predicted molar refractivity (Wildman–Crippen MR) is 41.5 cm³/mol. The summed E-state index contributed by atoms with van der Waals surface area (Å²) in [6, 6.07) is 2.20. The van der Waals surface area contributed by atoms with Crippen molar-refractivity contribution in [1.82, 2.24) is 0 Å². The van der Waals surface area contributed by atoms with E-state index in [1.165, 1.54) is 0 Å². The van der Waals surface area contributed by atoms with Gasteiger partial charge in [0.25, 0.3) is 0 Å². The van der Waals surface area contributed by atoms with Crippen molar-refractivity contribution in [3.8, 4) is 0 Å². The largest absolute Gasteiger partial charge is 0.399 e. The number of nitrogen functional groups attached to an aromatic ring is 1. The Kier molecular flexibility index (Phi) is 1.45. The summed E-state index contributed by atoms with van der Waals surface area (Å²) < 4.78 is 26.9. The van der Waals surface area contributed by atoms with Gasteiger partial charge in [-0.2, -0.15) is 0 Å². The van der Waals surface area contributed by atoms with E-state index in [9.17, 15) is 4.39 Å². The molecule has 1 aromatic rings. The molecule has 0 bridgehead atoms. The number of hydrogen-bond acceptors (Lipinski definition) is 2. The van der Waals surface area contributed by atoms with Crippen molar-refractivity contribution < 1.29 is 12.2 Å². The summed E-state index contributed by atoms with van der Waals surface area (Å²) in [5.41, 5.74) is 5.78. The van der Waals surface area contributed by atoms with Crippen molar-refractivity contribution in [2.45, 2.75) is 13.5 Å². The first-order valence-corrected chi connectivity index (χ1v) is 3.11. The summed E-state index contributed by atoms with van der Waals surface area (Å²) in [4.78, 5) is 0. The van der Waals surface area contributed by atoms with Gasteiger partial charge in [0, 0.05) is 11.3 Å². The second-order valence-corrected chi connectivity index (χ2v) is 2.30.